The summed E-state index contributed by atoms with van der Waals surface area (Å²) in [5.74, 6) is 0. The van der Waals surface area contributed by atoms with Gasteiger partial charge in [-0.15, -0.1) is 11.3 Å². The Balaban J connectivity index is 1.39. The van der Waals surface area contributed by atoms with Crippen LogP contribution in [0.15, 0.2) is 127 Å². The molecule has 4 aromatic heterocycles. The van der Waals surface area contributed by atoms with E-state index in [0.717, 1.165) is 16.2 Å². The van der Waals surface area contributed by atoms with Crippen LogP contribution in [-0.2, 0) is 0 Å². The maximum Gasteiger partial charge on any atom is 0.147 e. The second-order valence-electron chi connectivity index (χ2n) is 10.1. The highest BCUT2D eigenvalue weighted by Gasteiger charge is 2.18. The molecule has 9 aromatic rings. The molecule has 0 unspecified atom stereocenters. The first kappa shape index (κ1) is 21.1. The average molecular weight is 516 g/mol. The number of aromatic nitrogens is 3. The highest BCUT2D eigenvalue weighted by atomic mass is 32.1. The van der Waals surface area contributed by atoms with E-state index in [4.69, 9.17) is 4.98 Å². The summed E-state index contributed by atoms with van der Waals surface area (Å²) in [6.45, 7) is 0. The lowest BCUT2D eigenvalue weighted by atomic mass is 10.1. The number of fused-ring (bicyclic) bond motifs is 9. The van der Waals surface area contributed by atoms with Gasteiger partial charge in [0.1, 0.15) is 10.5 Å². The molecule has 4 heteroatoms. The van der Waals surface area contributed by atoms with Crippen molar-refractivity contribution in [2.24, 2.45) is 0 Å². The maximum atomic E-state index is 5.30. The quantitative estimate of drug-likeness (QED) is 0.225. The Morgan fingerprint density at radius 3 is 1.90 bits per heavy atom. The van der Waals surface area contributed by atoms with Gasteiger partial charge in [-0.25, -0.2) is 4.98 Å². The zero-order valence-electron chi connectivity index (χ0n) is 20.9. The number of pyridine rings is 1. The lowest BCUT2D eigenvalue weighted by Crippen LogP contribution is -1.96. The van der Waals surface area contributed by atoms with E-state index < -0.39 is 0 Å². The molecule has 0 saturated carbocycles. The van der Waals surface area contributed by atoms with Crippen LogP contribution in [0.4, 0.5) is 0 Å². The molecule has 4 heterocycles. The van der Waals surface area contributed by atoms with E-state index in [1.807, 2.05) is 0 Å². The van der Waals surface area contributed by atoms with Crippen molar-refractivity contribution in [1.82, 2.24) is 14.1 Å². The summed E-state index contributed by atoms with van der Waals surface area (Å²) in [6, 6.07) is 45.8. The van der Waals surface area contributed by atoms with Crippen LogP contribution in [-0.4, -0.2) is 14.1 Å². The molecule has 0 spiro atoms. The van der Waals surface area contributed by atoms with Crippen LogP contribution in [0.3, 0.4) is 0 Å². The van der Waals surface area contributed by atoms with Crippen molar-refractivity contribution < 1.29 is 0 Å². The van der Waals surface area contributed by atoms with Crippen molar-refractivity contribution in [3.8, 4) is 11.4 Å². The molecule has 0 bridgehead atoms. The average Bonchev–Trinajstić information content (AvgIpc) is 3.63. The van der Waals surface area contributed by atoms with E-state index in [0.29, 0.717) is 0 Å². The summed E-state index contributed by atoms with van der Waals surface area (Å²) in [6.07, 6.45) is 0. The molecule has 0 atom stereocenters. The molecule has 0 aliphatic carbocycles. The minimum absolute atomic E-state index is 1.00. The summed E-state index contributed by atoms with van der Waals surface area (Å²) in [7, 11) is 0. The first-order chi connectivity index (χ1) is 19.3. The third kappa shape index (κ3) is 2.89. The molecule has 0 amide bonds. The second kappa shape index (κ2) is 7.79. The maximum absolute atomic E-state index is 5.30. The summed E-state index contributed by atoms with van der Waals surface area (Å²) in [5, 5.41) is 7.41. The summed E-state index contributed by atoms with van der Waals surface area (Å²) in [5.41, 5.74) is 6.88. The van der Waals surface area contributed by atoms with Crippen molar-refractivity contribution in [2.75, 3.05) is 0 Å². The SMILES string of the molecule is c1ccc(-n2c3ccccc3c3cc(-n4c5ccccc5c5cc6c(nc54)sc4ccccc46)ccc32)cc1. The fourth-order valence-electron chi connectivity index (χ4n) is 6.24. The minimum atomic E-state index is 1.00. The van der Waals surface area contributed by atoms with E-state index in [1.165, 1.54) is 59.3 Å². The first-order valence-electron chi connectivity index (χ1n) is 13.2. The normalized spacial score (nSPS) is 12.1. The Morgan fingerprint density at radius 1 is 0.436 bits per heavy atom. The predicted octanol–water partition coefficient (Wildman–Crippen LogP) is 9.64. The van der Waals surface area contributed by atoms with Gasteiger partial charge in [0, 0.05) is 48.4 Å². The molecular formula is C35H21N3S. The van der Waals surface area contributed by atoms with Crippen LogP contribution in [0.5, 0.6) is 0 Å². The van der Waals surface area contributed by atoms with Crippen molar-refractivity contribution in [2.45, 2.75) is 0 Å². The fraction of sp³-hybridized carbons (Fsp3) is 0. The van der Waals surface area contributed by atoms with Gasteiger partial charge in [0.15, 0.2) is 0 Å². The minimum Gasteiger partial charge on any atom is -0.309 e. The topological polar surface area (TPSA) is 22.8 Å². The molecule has 0 radical (unpaired) electrons. The lowest BCUT2D eigenvalue weighted by molar-refractivity contribution is 1.15. The van der Waals surface area contributed by atoms with Crippen LogP contribution in [0.1, 0.15) is 0 Å². The highest BCUT2D eigenvalue weighted by molar-refractivity contribution is 7.25. The Labute approximate surface area is 227 Å². The van der Waals surface area contributed by atoms with Gasteiger partial charge >= 0.3 is 0 Å². The van der Waals surface area contributed by atoms with Gasteiger partial charge in [-0.3, -0.25) is 4.57 Å². The van der Waals surface area contributed by atoms with Crippen molar-refractivity contribution in [3.05, 3.63) is 127 Å². The van der Waals surface area contributed by atoms with E-state index in [9.17, 15) is 0 Å². The largest absolute Gasteiger partial charge is 0.309 e. The zero-order valence-corrected chi connectivity index (χ0v) is 21.7. The number of thiophene rings is 1. The Bertz CT molecular complexity index is 2390. The first-order valence-corrected chi connectivity index (χ1v) is 14.0. The Hall–Kier alpha value is -4.93. The number of para-hydroxylation sites is 3. The molecule has 0 aliphatic rings. The van der Waals surface area contributed by atoms with Gasteiger partial charge in [-0.2, -0.15) is 0 Å². The van der Waals surface area contributed by atoms with E-state index >= 15 is 0 Å². The van der Waals surface area contributed by atoms with Gasteiger partial charge < -0.3 is 4.57 Å². The lowest BCUT2D eigenvalue weighted by Gasteiger charge is -2.10. The van der Waals surface area contributed by atoms with Gasteiger partial charge in [-0.05, 0) is 54.6 Å². The van der Waals surface area contributed by atoms with Gasteiger partial charge in [-0.1, -0.05) is 72.8 Å². The van der Waals surface area contributed by atoms with Gasteiger partial charge in [0.2, 0.25) is 0 Å². The van der Waals surface area contributed by atoms with Crippen LogP contribution in [0.2, 0.25) is 0 Å². The fourth-order valence-corrected chi connectivity index (χ4v) is 7.29. The number of benzene rings is 5. The predicted molar refractivity (Wildman–Crippen MR) is 166 cm³/mol. The second-order valence-corrected chi connectivity index (χ2v) is 11.1. The van der Waals surface area contributed by atoms with E-state index in [-0.39, 0.29) is 0 Å². The third-order valence-electron chi connectivity index (χ3n) is 7.93. The van der Waals surface area contributed by atoms with E-state index in [2.05, 4.69) is 137 Å². The smallest absolute Gasteiger partial charge is 0.147 e. The number of hydrogen-bond donors (Lipinski definition) is 0. The van der Waals surface area contributed by atoms with Gasteiger partial charge in [0.25, 0.3) is 0 Å². The van der Waals surface area contributed by atoms with Crippen LogP contribution >= 0.6 is 11.3 Å². The molecule has 0 N–H and O–H groups in total. The summed E-state index contributed by atoms with van der Waals surface area (Å²) >= 11 is 1.77. The number of hydrogen-bond acceptors (Lipinski definition) is 2. The molecule has 9 rings (SSSR count). The highest BCUT2D eigenvalue weighted by Crippen LogP contribution is 2.40. The standard InChI is InChI=1S/C35H21N3S/c1-2-10-22(11-3-1)37-30-15-7-4-12-24(30)27-20-23(18-19-32(27)37)38-31-16-8-5-13-25(31)28-21-29-26-14-6-9-17-33(26)39-35(29)36-34(28)38/h1-21H. The number of rotatable bonds is 2. The third-order valence-corrected chi connectivity index (χ3v) is 9.01. The zero-order chi connectivity index (χ0) is 25.5. The van der Waals surface area contributed by atoms with E-state index in [1.54, 1.807) is 11.3 Å². The molecular weight excluding hydrogens is 494 g/mol. The summed E-state index contributed by atoms with van der Waals surface area (Å²) in [4.78, 5) is 6.38. The molecule has 0 saturated heterocycles. The molecule has 39 heavy (non-hydrogen) atoms. The van der Waals surface area contributed by atoms with Crippen molar-refractivity contribution in [3.63, 3.8) is 0 Å². The Kier molecular flexibility index (Phi) is 4.21. The van der Waals surface area contributed by atoms with Gasteiger partial charge in [0.05, 0.1) is 16.6 Å². The van der Waals surface area contributed by atoms with Crippen molar-refractivity contribution >= 4 is 75.4 Å². The molecule has 0 aliphatic heterocycles. The molecule has 0 fully saturated rings. The van der Waals surface area contributed by atoms with Crippen LogP contribution in [0, 0.1) is 0 Å². The monoisotopic (exact) mass is 515 g/mol. The Morgan fingerprint density at radius 2 is 1.08 bits per heavy atom. The van der Waals surface area contributed by atoms with Crippen molar-refractivity contribution in [1.29, 1.82) is 0 Å². The molecule has 3 nitrogen and oxygen atoms in total. The summed E-state index contributed by atoms with van der Waals surface area (Å²) < 4.78 is 5.97. The molecule has 182 valence electrons. The van der Waals surface area contributed by atoms with Crippen LogP contribution in [0.25, 0.3) is 75.4 Å². The van der Waals surface area contributed by atoms with Crippen LogP contribution < -0.4 is 0 Å². The molecule has 5 aromatic carbocycles. The number of nitrogens with zero attached hydrogens (tertiary/aromatic N) is 3.